The van der Waals surface area contributed by atoms with Gasteiger partial charge in [0.1, 0.15) is 5.75 Å². The zero-order valence-electron chi connectivity index (χ0n) is 19.6. The summed E-state index contributed by atoms with van der Waals surface area (Å²) in [6.07, 6.45) is 1.01. The molecule has 0 aromatic heterocycles. The molecule has 2 aromatic carbocycles. The van der Waals surface area contributed by atoms with Crippen LogP contribution in [0.1, 0.15) is 37.0 Å². The molecular formula is C24H30ClN3O5S. The zero-order valence-corrected chi connectivity index (χ0v) is 21.2. The minimum atomic E-state index is -3.68. The summed E-state index contributed by atoms with van der Waals surface area (Å²) in [6, 6.07) is 11.2. The lowest BCUT2D eigenvalue weighted by molar-refractivity contribution is -0.121. The largest absolute Gasteiger partial charge is 0.495 e. The van der Waals surface area contributed by atoms with Crippen LogP contribution in [0, 0.1) is 5.92 Å². The fourth-order valence-electron chi connectivity index (χ4n) is 4.01. The minimum absolute atomic E-state index is 0.0912. The number of benzene rings is 2. The van der Waals surface area contributed by atoms with Gasteiger partial charge in [0, 0.05) is 42.7 Å². The fourth-order valence-corrected chi connectivity index (χ4v) is 5.62. The van der Waals surface area contributed by atoms with Crippen LogP contribution in [0.25, 0.3) is 0 Å². The van der Waals surface area contributed by atoms with Crippen molar-refractivity contribution in [3.8, 4) is 5.75 Å². The third-order valence-electron chi connectivity index (χ3n) is 6.02. The van der Waals surface area contributed by atoms with Crippen LogP contribution in [-0.4, -0.2) is 62.7 Å². The molecule has 0 saturated carbocycles. The molecule has 0 radical (unpaired) electrons. The second kappa shape index (κ2) is 11.2. The number of carbonyl (C=O) groups is 2. The number of rotatable bonds is 8. The van der Waals surface area contributed by atoms with Crippen molar-refractivity contribution in [1.29, 1.82) is 0 Å². The van der Waals surface area contributed by atoms with Gasteiger partial charge < -0.3 is 15.0 Å². The molecule has 1 heterocycles. The van der Waals surface area contributed by atoms with E-state index < -0.39 is 10.0 Å². The molecule has 1 fully saturated rings. The van der Waals surface area contributed by atoms with Gasteiger partial charge in [-0.1, -0.05) is 25.4 Å². The van der Waals surface area contributed by atoms with Crippen molar-refractivity contribution in [2.75, 3.05) is 38.6 Å². The minimum Gasteiger partial charge on any atom is -0.495 e. The Morgan fingerprint density at radius 2 is 1.71 bits per heavy atom. The molecule has 0 bridgehead atoms. The lowest BCUT2D eigenvalue weighted by Crippen LogP contribution is -2.41. The SMILES string of the molecule is CCN(CC)S(=O)(=O)c1ccc(OC)c(NC(=O)C2CCN(C(=O)c3ccc(Cl)cc3)CC2)c1. The maximum Gasteiger partial charge on any atom is 0.253 e. The Hall–Kier alpha value is -2.62. The molecule has 0 aliphatic carbocycles. The molecule has 3 rings (SSSR count). The zero-order chi connectivity index (χ0) is 24.9. The van der Waals surface area contributed by atoms with Crippen LogP contribution in [0.3, 0.4) is 0 Å². The Bertz CT molecular complexity index is 1130. The Morgan fingerprint density at radius 1 is 1.09 bits per heavy atom. The van der Waals surface area contributed by atoms with Gasteiger partial charge in [0.15, 0.2) is 0 Å². The van der Waals surface area contributed by atoms with Gasteiger partial charge in [-0.2, -0.15) is 4.31 Å². The Balaban J connectivity index is 1.69. The van der Waals surface area contributed by atoms with Crippen LogP contribution < -0.4 is 10.1 Å². The first-order chi connectivity index (χ1) is 16.2. The quantitative estimate of drug-likeness (QED) is 0.585. The van der Waals surface area contributed by atoms with Crippen LogP contribution in [0.5, 0.6) is 5.75 Å². The van der Waals surface area contributed by atoms with Crippen molar-refractivity contribution in [3.05, 3.63) is 53.1 Å². The number of hydrogen-bond donors (Lipinski definition) is 1. The van der Waals surface area contributed by atoms with Crippen LogP contribution in [0.15, 0.2) is 47.4 Å². The summed E-state index contributed by atoms with van der Waals surface area (Å²) in [6.45, 7) is 5.15. The number of anilines is 1. The van der Waals surface area contributed by atoms with E-state index in [4.69, 9.17) is 16.3 Å². The molecule has 1 aliphatic heterocycles. The summed E-state index contributed by atoms with van der Waals surface area (Å²) < 4.78 is 32.5. The lowest BCUT2D eigenvalue weighted by Gasteiger charge is -2.31. The molecule has 2 aromatic rings. The number of methoxy groups -OCH3 is 1. The van der Waals surface area contributed by atoms with E-state index in [0.717, 1.165) is 0 Å². The van der Waals surface area contributed by atoms with Crippen LogP contribution in [0.2, 0.25) is 5.02 Å². The van der Waals surface area contributed by atoms with E-state index >= 15 is 0 Å². The molecular weight excluding hydrogens is 478 g/mol. The number of likely N-dealkylation sites (tertiary alicyclic amines) is 1. The number of halogens is 1. The maximum atomic E-state index is 13.0. The van der Waals surface area contributed by atoms with E-state index in [2.05, 4.69) is 5.32 Å². The molecule has 0 atom stereocenters. The van der Waals surface area contributed by atoms with Crippen molar-refractivity contribution >= 4 is 39.1 Å². The molecule has 184 valence electrons. The smallest absolute Gasteiger partial charge is 0.253 e. The average Bonchev–Trinajstić information content (AvgIpc) is 2.84. The van der Waals surface area contributed by atoms with Gasteiger partial charge in [-0.3, -0.25) is 9.59 Å². The predicted molar refractivity (Wildman–Crippen MR) is 132 cm³/mol. The monoisotopic (exact) mass is 507 g/mol. The first kappa shape index (κ1) is 26.0. The van der Waals surface area contributed by atoms with Crippen LogP contribution in [-0.2, 0) is 14.8 Å². The van der Waals surface area contributed by atoms with E-state index in [1.54, 1.807) is 49.1 Å². The Labute approximate surface area is 205 Å². The molecule has 1 N–H and O–H groups in total. The topological polar surface area (TPSA) is 96.0 Å². The Morgan fingerprint density at radius 3 is 2.26 bits per heavy atom. The van der Waals surface area contributed by atoms with Crippen LogP contribution >= 0.6 is 11.6 Å². The molecule has 1 saturated heterocycles. The lowest BCUT2D eigenvalue weighted by atomic mass is 9.95. The van der Waals surface area contributed by atoms with E-state index in [9.17, 15) is 18.0 Å². The molecule has 1 aliphatic rings. The van der Waals surface area contributed by atoms with E-state index in [1.165, 1.54) is 23.5 Å². The van der Waals surface area contributed by atoms with E-state index in [-0.39, 0.29) is 22.6 Å². The maximum absolute atomic E-state index is 13.0. The summed E-state index contributed by atoms with van der Waals surface area (Å²) in [5, 5.41) is 3.40. The second-order valence-electron chi connectivity index (χ2n) is 8.01. The second-order valence-corrected chi connectivity index (χ2v) is 10.4. The van der Waals surface area contributed by atoms with Crippen molar-refractivity contribution < 1.29 is 22.7 Å². The van der Waals surface area contributed by atoms with Crippen molar-refractivity contribution in [3.63, 3.8) is 0 Å². The number of hydrogen-bond acceptors (Lipinski definition) is 5. The van der Waals surface area contributed by atoms with E-state index in [1.807, 2.05) is 0 Å². The summed E-state index contributed by atoms with van der Waals surface area (Å²) in [5.41, 5.74) is 0.865. The number of amides is 2. The van der Waals surface area contributed by atoms with Gasteiger partial charge in [0.2, 0.25) is 15.9 Å². The first-order valence-electron chi connectivity index (χ1n) is 11.2. The third kappa shape index (κ3) is 5.71. The molecule has 8 nitrogen and oxygen atoms in total. The van der Waals surface area contributed by atoms with E-state index in [0.29, 0.717) is 61.0 Å². The highest BCUT2D eigenvalue weighted by atomic mass is 35.5. The number of ether oxygens (including phenoxy) is 1. The summed E-state index contributed by atoms with van der Waals surface area (Å²) >= 11 is 5.89. The van der Waals surface area contributed by atoms with Crippen molar-refractivity contribution in [2.45, 2.75) is 31.6 Å². The first-order valence-corrected chi connectivity index (χ1v) is 13.1. The average molecular weight is 508 g/mol. The summed E-state index contributed by atoms with van der Waals surface area (Å²) in [5.74, 6) is -0.245. The van der Waals surface area contributed by atoms with Gasteiger partial charge in [-0.15, -0.1) is 0 Å². The highest BCUT2D eigenvalue weighted by Gasteiger charge is 2.29. The highest BCUT2D eigenvalue weighted by Crippen LogP contribution is 2.30. The van der Waals surface area contributed by atoms with Crippen molar-refractivity contribution in [1.82, 2.24) is 9.21 Å². The molecule has 10 heteroatoms. The number of carbonyl (C=O) groups excluding carboxylic acids is 2. The van der Waals surface area contributed by atoms with Gasteiger partial charge in [-0.25, -0.2) is 8.42 Å². The summed E-state index contributed by atoms with van der Waals surface area (Å²) in [7, 11) is -2.22. The number of piperidine rings is 1. The summed E-state index contributed by atoms with van der Waals surface area (Å²) in [4.78, 5) is 27.5. The molecule has 0 unspecified atom stereocenters. The van der Waals surface area contributed by atoms with Gasteiger partial charge in [0.25, 0.3) is 5.91 Å². The van der Waals surface area contributed by atoms with Gasteiger partial charge in [-0.05, 0) is 55.3 Å². The predicted octanol–water partition coefficient (Wildman–Crippen LogP) is 3.87. The van der Waals surface area contributed by atoms with Crippen molar-refractivity contribution in [2.24, 2.45) is 5.92 Å². The number of nitrogens with zero attached hydrogens (tertiary/aromatic N) is 2. The number of nitrogens with one attached hydrogen (secondary N) is 1. The Kier molecular flexibility index (Phi) is 8.57. The number of sulfonamides is 1. The van der Waals surface area contributed by atoms with Crippen LogP contribution in [0.4, 0.5) is 5.69 Å². The third-order valence-corrected chi connectivity index (χ3v) is 8.31. The fraction of sp³-hybridized carbons (Fsp3) is 0.417. The highest BCUT2D eigenvalue weighted by molar-refractivity contribution is 7.89. The molecule has 34 heavy (non-hydrogen) atoms. The van der Waals surface area contributed by atoms with Gasteiger partial charge in [0.05, 0.1) is 17.7 Å². The molecule has 2 amide bonds. The normalized spacial score (nSPS) is 14.8. The molecule has 0 spiro atoms. The standard InChI is InChI=1S/C24H30ClN3O5S/c1-4-28(5-2)34(31,32)20-10-11-22(33-3)21(16-20)26-23(29)17-12-14-27(15-13-17)24(30)18-6-8-19(25)9-7-18/h6-11,16-17H,4-5,12-15H2,1-3H3,(H,26,29). The van der Waals surface area contributed by atoms with Gasteiger partial charge >= 0.3 is 0 Å².